The van der Waals surface area contributed by atoms with Crippen molar-refractivity contribution in [2.75, 3.05) is 4.72 Å². The van der Waals surface area contributed by atoms with Crippen molar-refractivity contribution in [2.24, 2.45) is 0 Å². The van der Waals surface area contributed by atoms with Gasteiger partial charge in [-0.05, 0) is 31.2 Å². The summed E-state index contributed by atoms with van der Waals surface area (Å²) in [5.74, 6) is -1.98. The van der Waals surface area contributed by atoms with Crippen molar-refractivity contribution < 1.29 is 30.7 Å². The third-order valence-electron chi connectivity index (χ3n) is 2.75. The van der Waals surface area contributed by atoms with Gasteiger partial charge in [0.25, 0.3) is 10.0 Å². The molecule has 0 aliphatic rings. The van der Waals surface area contributed by atoms with Crippen LogP contribution < -0.4 is 9.46 Å². The van der Waals surface area contributed by atoms with Crippen LogP contribution in [-0.4, -0.2) is 14.8 Å². The molecule has 0 atom stereocenters. The van der Waals surface area contributed by atoms with E-state index in [4.69, 9.17) is 0 Å². The van der Waals surface area contributed by atoms with Gasteiger partial charge in [-0.15, -0.1) is 13.2 Å². The molecular formula is C14H11F4NO3S. The lowest BCUT2D eigenvalue weighted by Crippen LogP contribution is -2.18. The van der Waals surface area contributed by atoms with Crippen molar-refractivity contribution in [3.05, 3.63) is 53.8 Å². The fraction of sp³-hybridized carbons (Fsp3) is 0.143. The molecule has 0 saturated carbocycles. The van der Waals surface area contributed by atoms with Gasteiger partial charge in [-0.1, -0.05) is 17.7 Å². The summed E-state index contributed by atoms with van der Waals surface area (Å²) in [4.78, 5) is -0.0990. The van der Waals surface area contributed by atoms with E-state index in [-0.39, 0.29) is 4.90 Å². The Morgan fingerprint density at radius 1 is 1.04 bits per heavy atom. The van der Waals surface area contributed by atoms with Crippen molar-refractivity contribution in [1.82, 2.24) is 0 Å². The number of sulfonamides is 1. The number of rotatable bonds is 4. The van der Waals surface area contributed by atoms with E-state index in [0.717, 1.165) is 17.7 Å². The van der Waals surface area contributed by atoms with E-state index < -0.39 is 33.6 Å². The number of ether oxygens (including phenoxy) is 1. The van der Waals surface area contributed by atoms with Gasteiger partial charge in [-0.25, -0.2) is 12.8 Å². The topological polar surface area (TPSA) is 55.4 Å². The summed E-state index contributed by atoms with van der Waals surface area (Å²) in [6.45, 7) is 1.77. The Bertz CT molecular complexity index is 802. The van der Waals surface area contributed by atoms with Crippen LogP contribution in [0.3, 0.4) is 0 Å². The number of nitrogens with one attached hydrogen (secondary N) is 1. The molecule has 0 spiro atoms. The van der Waals surface area contributed by atoms with Crippen LogP contribution in [0.15, 0.2) is 47.4 Å². The van der Waals surface area contributed by atoms with Gasteiger partial charge < -0.3 is 4.74 Å². The Morgan fingerprint density at radius 3 is 2.17 bits per heavy atom. The maximum absolute atomic E-state index is 13.8. The summed E-state index contributed by atoms with van der Waals surface area (Å²) in [5.41, 5.74) is 0.351. The normalized spacial score (nSPS) is 12.0. The van der Waals surface area contributed by atoms with Crippen molar-refractivity contribution in [3.8, 4) is 5.75 Å². The zero-order valence-electron chi connectivity index (χ0n) is 11.7. The Kier molecular flexibility index (Phi) is 4.51. The lowest BCUT2D eigenvalue weighted by atomic mass is 10.2. The highest BCUT2D eigenvalue weighted by Gasteiger charge is 2.31. The van der Waals surface area contributed by atoms with Crippen LogP contribution in [-0.2, 0) is 10.0 Å². The van der Waals surface area contributed by atoms with Crippen LogP contribution >= 0.6 is 0 Å². The number of anilines is 1. The molecule has 2 rings (SSSR count). The first kappa shape index (κ1) is 17.1. The highest BCUT2D eigenvalue weighted by atomic mass is 32.2. The highest BCUT2D eigenvalue weighted by Crippen LogP contribution is 2.27. The Morgan fingerprint density at radius 2 is 1.65 bits per heavy atom. The molecule has 0 aliphatic heterocycles. The molecule has 124 valence electrons. The third kappa shape index (κ3) is 4.59. The molecule has 23 heavy (non-hydrogen) atoms. The molecule has 0 bridgehead atoms. The summed E-state index contributed by atoms with van der Waals surface area (Å²) in [6, 6.07) is 7.88. The average molecular weight is 349 g/mol. The highest BCUT2D eigenvalue weighted by molar-refractivity contribution is 7.92. The molecule has 0 saturated heterocycles. The first-order valence-electron chi connectivity index (χ1n) is 6.22. The molecule has 9 heteroatoms. The van der Waals surface area contributed by atoms with Crippen LogP contribution in [0.2, 0.25) is 0 Å². The molecule has 0 amide bonds. The monoisotopic (exact) mass is 349 g/mol. The van der Waals surface area contributed by atoms with E-state index in [2.05, 4.69) is 4.74 Å². The quantitative estimate of drug-likeness (QED) is 0.854. The summed E-state index contributed by atoms with van der Waals surface area (Å²) in [7, 11) is -4.05. The van der Waals surface area contributed by atoms with E-state index in [1.807, 2.05) is 4.72 Å². The zero-order chi connectivity index (χ0) is 17.3. The first-order chi connectivity index (χ1) is 10.6. The number of alkyl halides is 3. The van der Waals surface area contributed by atoms with Crippen molar-refractivity contribution in [2.45, 2.75) is 18.2 Å². The summed E-state index contributed by atoms with van der Waals surface area (Å²) >= 11 is 0. The molecular weight excluding hydrogens is 338 g/mol. The standard InChI is InChI=1S/C14H11F4NO3S/c1-9-2-5-11(6-3-9)23(20,21)19-13-7-4-10(8-12(13)15)22-14(16,17)18/h2-8,19H,1H3. The van der Waals surface area contributed by atoms with Gasteiger partial charge in [-0.3, -0.25) is 4.72 Å². The van der Waals surface area contributed by atoms with Gasteiger partial charge in [0.1, 0.15) is 5.75 Å². The third-order valence-corrected chi connectivity index (χ3v) is 4.13. The van der Waals surface area contributed by atoms with Crippen molar-refractivity contribution >= 4 is 15.7 Å². The predicted octanol–water partition coefficient (Wildman–Crippen LogP) is 3.83. The largest absolute Gasteiger partial charge is 0.573 e. The molecule has 0 fully saturated rings. The molecule has 2 aromatic carbocycles. The van der Waals surface area contributed by atoms with Crippen LogP contribution in [0.25, 0.3) is 0 Å². The lowest BCUT2D eigenvalue weighted by molar-refractivity contribution is -0.274. The first-order valence-corrected chi connectivity index (χ1v) is 7.70. The maximum atomic E-state index is 13.8. The number of hydrogen-bond donors (Lipinski definition) is 1. The Hall–Kier alpha value is -2.29. The molecule has 0 heterocycles. The van der Waals surface area contributed by atoms with Crippen LogP contribution in [0.5, 0.6) is 5.75 Å². The second-order valence-electron chi connectivity index (χ2n) is 4.61. The second-order valence-corrected chi connectivity index (χ2v) is 6.29. The molecule has 0 unspecified atom stereocenters. The second kappa shape index (κ2) is 6.07. The van der Waals surface area contributed by atoms with E-state index in [9.17, 15) is 26.0 Å². The number of hydrogen-bond acceptors (Lipinski definition) is 3. The maximum Gasteiger partial charge on any atom is 0.573 e. The molecule has 0 aromatic heterocycles. The number of aryl methyl sites for hydroxylation is 1. The smallest absolute Gasteiger partial charge is 0.406 e. The minimum atomic E-state index is -4.96. The Balaban J connectivity index is 2.24. The number of halogens is 4. The minimum absolute atomic E-state index is 0.0990. The predicted molar refractivity (Wildman–Crippen MR) is 75.1 cm³/mol. The van der Waals surface area contributed by atoms with Crippen molar-refractivity contribution in [1.29, 1.82) is 0 Å². The molecule has 0 aliphatic carbocycles. The van der Waals surface area contributed by atoms with Gasteiger partial charge in [0.2, 0.25) is 0 Å². The summed E-state index contributed by atoms with van der Waals surface area (Å²) in [6.07, 6.45) is -4.96. The van der Waals surface area contributed by atoms with Gasteiger partial charge >= 0.3 is 6.36 Å². The van der Waals surface area contributed by atoms with Gasteiger partial charge in [0.05, 0.1) is 10.6 Å². The van der Waals surface area contributed by atoms with E-state index in [1.54, 1.807) is 19.1 Å². The minimum Gasteiger partial charge on any atom is -0.406 e. The fourth-order valence-electron chi connectivity index (χ4n) is 1.70. The molecule has 0 radical (unpaired) electrons. The van der Waals surface area contributed by atoms with Crippen molar-refractivity contribution in [3.63, 3.8) is 0 Å². The zero-order valence-corrected chi connectivity index (χ0v) is 12.5. The average Bonchev–Trinajstić information content (AvgIpc) is 2.40. The number of benzene rings is 2. The van der Waals surface area contributed by atoms with E-state index in [1.165, 1.54) is 12.1 Å². The summed E-state index contributed by atoms with van der Waals surface area (Å²) in [5, 5.41) is 0. The van der Waals surface area contributed by atoms with E-state index >= 15 is 0 Å². The molecule has 2 aromatic rings. The fourth-order valence-corrected chi connectivity index (χ4v) is 2.76. The Labute approximate surface area is 129 Å². The van der Waals surface area contributed by atoms with Crippen LogP contribution in [0.4, 0.5) is 23.2 Å². The van der Waals surface area contributed by atoms with Crippen LogP contribution in [0, 0.1) is 12.7 Å². The molecule has 4 nitrogen and oxygen atoms in total. The van der Waals surface area contributed by atoms with Gasteiger partial charge in [0, 0.05) is 6.07 Å². The van der Waals surface area contributed by atoms with E-state index in [0.29, 0.717) is 6.07 Å². The summed E-state index contributed by atoms with van der Waals surface area (Å²) < 4.78 is 79.6. The van der Waals surface area contributed by atoms with Gasteiger partial charge in [0.15, 0.2) is 5.82 Å². The lowest BCUT2D eigenvalue weighted by Gasteiger charge is -2.12. The van der Waals surface area contributed by atoms with Gasteiger partial charge in [-0.2, -0.15) is 0 Å². The SMILES string of the molecule is Cc1ccc(S(=O)(=O)Nc2ccc(OC(F)(F)F)cc2F)cc1. The van der Waals surface area contributed by atoms with Crippen LogP contribution in [0.1, 0.15) is 5.56 Å². The molecule has 1 N–H and O–H groups in total.